The first-order valence-electron chi connectivity index (χ1n) is 8.14. The fourth-order valence-electron chi connectivity index (χ4n) is 2.63. The van der Waals surface area contributed by atoms with Crippen LogP contribution in [-0.4, -0.2) is 61.3 Å². The van der Waals surface area contributed by atoms with E-state index in [0.717, 1.165) is 6.07 Å². The van der Waals surface area contributed by atoms with Crippen molar-refractivity contribution in [2.24, 2.45) is 0 Å². The van der Waals surface area contributed by atoms with Gasteiger partial charge in [0.2, 0.25) is 10.0 Å². The summed E-state index contributed by atoms with van der Waals surface area (Å²) in [5.74, 6) is -0.567. The number of carbonyl (C=O) groups excluding carboxylic acids is 1. The van der Waals surface area contributed by atoms with Crippen molar-refractivity contribution in [3.05, 3.63) is 53.6 Å². The van der Waals surface area contributed by atoms with Crippen molar-refractivity contribution < 1.29 is 22.3 Å². The van der Waals surface area contributed by atoms with Crippen molar-refractivity contribution in [2.45, 2.75) is 4.90 Å². The summed E-state index contributed by atoms with van der Waals surface area (Å²) < 4.78 is 44.9. The molecular formula is C17H17ClFN3O4S. The van der Waals surface area contributed by atoms with E-state index in [4.69, 9.17) is 16.3 Å². The van der Waals surface area contributed by atoms with E-state index in [-0.39, 0.29) is 54.4 Å². The van der Waals surface area contributed by atoms with Gasteiger partial charge in [0.05, 0.1) is 5.02 Å². The molecule has 0 atom stereocenters. The normalized spacial score (nSPS) is 15.6. The fourth-order valence-corrected chi connectivity index (χ4v) is 4.19. The molecule has 27 heavy (non-hydrogen) atoms. The van der Waals surface area contributed by atoms with Gasteiger partial charge >= 0.3 is 0 Å². The Bertz CT molecular complexity index is 919. The summed E-state index contributed by atoms with van der Waals surface area (Å²) in [6.07, 6.45) is 2.80. The van der Waals surface area contributed by atoms with E-state index in [1.54, 1.807) is 6.07 Å². The number of hydrogen-bond donors (Lipinski definition) is 0. The molecule has 0 spiro atoms. The van der Waals surface area contributed by atoms with E-state index in [1.165, 1.54) is 39.8 Å². The molecule has 1 amide bonds. The first-order valence-corrected chi connectivity index (χ1v) is 9.95. The largest absolute Gasteiger partial charge is 0.484 e. The number of sulfonamides is 1. The monoisotopic (exact) mass is 413 g/mol. The second kappa shape index (κ2) is 8.20. The van der Waals surface area contributed by atoms with Gasteiger partial charge < -0.3 is 9.64 Å². The van der Waals surface area contributed by atoms with Gasteiger partial charge in [-0.2, -0.15) is 4.31 Å². The van der Waals surface area contributed by atoms with Gasteiger partial charge in [-0.25, -0.2) is 12.8 Å². The molecule has 1 saturated heterocycles. The first-order chi connectivity index (χ1) is 12.9. The topological polar surface area (TPSA) is 79.8 Å². The molecule has 0 saturated carbocycles. The summed E-state index contributed by atoms with van der Waals surface area (Å²) in [6.45, 7) is 0.645. The lowest BCUT2D eigenvalue weighted by Gasteiger charge is -2.33. The highest BCUT2D eigenvalue weighted by Gasteiger charge is 2.30. The summed E-state index contributed by atoms with van der Waals surface area (Å²) in [5, 5.41) is -0.0887. The summed E-state index contributed by atoms with van der Waals surface area (Å²) in [7, 11) is -3.62. The van der Waals surface area contributed by atoms with Gasteiger partial charge in [-0.3, -0.25) is 9.78 Å². The summed E-state index contributed by atoms with van der Waals surface area (Å²) in [4.78, 5) is 17.8. The number of aromatic nitrogens is 1. The zero-order chi connectivity index (χ0) is 19.4. The van der Waals surface area contributed by atoms with Gasteiger partial charge in [-0.15, -0.1) is 0 Å². The Kier molecular flexibility index (Phi) is 5.93. The van der Waals surface area contributed by atoms with Gasteiger partial charge in [-0.05, 0) is 24.3 Å². The maximum atomic E-state index is 13.1. The highest BCUT2D eigenvalue weighted by molar-refractivity contribution is 7.89. The number of nitrogens with zero attached hydrogens (tertiary/aromatic N) is 3. The molecule has 1 fully saturated rings. The maximum absolute atomic E-state index is 13.1. The Morgan fingerprint density at radius 2 is 1.96 bits per heavy atom. The molecule has 1 aromatic carbocycles. The Labute approximate surface area is 161 Å². The van der Waals surface area contributed by atoms with Crippen LogP contribution in [0.5, 0.6) is 5.75 Å². The molecule has 1 aromatic heterocycles. The second-order valence-corrected chi connectivity index (χ2v) is 8.18. The highest BCUT2D eigenvalue weighted by atomic mass is 35.5. The second-order valence-electron chi connectivity index (χ2n) is 5.84. The highest BCUT2D eigenvalue weighted by Crippen LogP contribution is 2.21. The van der Waals surface area contributed by atoms with Gasteiger partial charge in [0.25, 0.3) is 5.91 Å². The van der Waals surface area contributed by atoms with E-state index in [9.17, 15) is 17.6 Å². The Morgan fingerprint density at radius 1 is 1.22 bits per heavy atom. The lowest BCUT2D eigenvalue weighted by Crippen LogP contribution is -2.51. The van der Waals surface area contributed by atoms with Crippen LogP contribution in [0, 0.1) is 5.82 Å². The minimum atomic E-state index is -3.62. The minimum absolute atomic E-state index is 0.0887. The van der Waals surface area contributed by atoms with Gasteiger partial charge in [0.1, 0.15) is 16.5 Å². The average Bonchev–Trinajstić information content (AvgIpc) is 2.69. The number of halogens is 2. The predicted octanol–water partition coefficient (Wildman–Crippen LogP) is 1.79. The van der Waals surface area contributed by atoms with Crippen LogP contribution in [0.2, 0.25) is 5.02 Å². The van der Waals surface area contributed by atoms with Crippen molar-refractivity contribution in [3.8, 4) is 5.75 Å². The van der Waals surface area contributed by atoms with Crippen molar-refractivity contribution in [3.63, 3.8) is 0 Å². The lowest BCUT2D eigenvalue weighted by molar-refractivity contribution is -0.134. The van der Waals surface area contributed by atoms with Crippen molar-refractivity contribution in [1.82, 2.24) is 14.2 Å². The van der Waals surface area contributed by atoms with Crippen LogP contribution in [0.3, 0.4) is 0 Å². The number of piperazine rings is 1. The van der Waals surface area contributed by atoms with E-state index < -0.39 is 15.8 Å². The number of benzene rings is 1. The number of amides is 1. The summed E-state index contributed by atoms with van der Waals surface area (Å²) in [6, 6.07) is 6.88. The first kappa shape index (κ1) is 19.5. The zero-order valence-electron chi connectivity index (χ0n) is 14.2. The number of pyridine rings is 1. The standard InChI is InChI=1S/C17H17ClFN3O4S/c18-15-10-13(3-4-16(15)19)26-12-17(23)21-6-8-22(9-7-21)27(24,25)14-2-1-5-20-11-14/h1-5,10-11H,6-9,12H2. The predicted molar refractivity (Wildman–Crippen MR) is 96.5 cm³/mol. The number of ether oxygens (including phenoxy) is 1. The Balaban J connectivity index is 1.54. The van der Waals surface area contributed by atoms with E-state index in [0.29, 0.717) is 0 Å². The Hall–Kier alpha value is -2.23. The molecule has 0 unspecified atom stereocenters. The molecule has 2 aromatic rings. The molecule has 10 heteroatoms. The molecule has 1 aliphatic rings. The van der Waals surface area contributed by atoms with Crippen LogP contribution in [-0.2, 0) is 14.8 Å². The van der Waals surface area contributed by atoms with Crippen LogP contribution in [0.4, 0.5) is 4.39 Å². The fraction of sp³-hybridized carbons (Fsp3) is 0.294. The smallest absolute Gasteiger partial charge is 0.260 e. The quantitative estimate of drug-likeness (QED) is 0.746. The third kappa shape index (κ3) is 4.55. The molecule has 0 N–H and O–H groups in total. The third-order valence-electron chi connectivity index (χ3n) is 4.12. The molecule has 0 bridgehead atoms. The van der Waals surface area contributed by atoms with E-state index in [1.807, 2.05) is 0 Å². The van der Waals surface area contributed by atoms with Gasteiger partial charge in [-0.1, -0.05) is 11.6 Å². The molecule has 0 radical (unpaired) electrons. The third-order valence-corrected chi connectivity index (χ3v) is 6.29. The SMILES string of the molecule is O=C(COc1ccc(F)c(Cl)c1)N1CCN(S(=O)(=O)c2cccnc2)CC1. The molecule has 0 aliphatic carbocycles. The number of carbonyl (C=O) groups is 1. The lowest BCUT2D eigenvalue weighted by atomic mass is 10.3. The van der Waals surface area contributed by atoms with Crippen molar-refractivity contribution in [2.75, 3.05) is 32.8 Å². The van der Waals surface area contributed by atoms with Crippen LogP contribution in [0.15, 0.2) is 47.6 Å². The number of hydrogen-bond acceptors (Lipinski definition) is 5. The van der Waals surface area contributed by atoms with Gasteiger partial charge in [0.15, 0.2) is 6.61 Å². The van der Waals surface area contributed by atoms with Crippen molar-refractivity contribution >= 4 is 27.5 Å². The molecule has 3 rings (SSSR count). The molecule has 144 valence electrons. The zero-order valence-corrected chi connectivity index (χ0v) is 15.8. The minimum Gasteiger partial charge on any atom is -0.484 e. The summed E-state index contributed by atoms with van der Waals surface area (Å²) >= 11 is 5.67. The van der Waals surface area contributed by atoms with E-state index >= 15 is 0 Å². The molecule has 1 aliphatic heterocycles. The number of rotatable bonds is 5. The van der Waals surface area contributed by atoms with Crippen LogP contribution in [0.1, 0.15) is 0 Å². The molecule has 7 nitrogen and oxygen atoms in total. The summed E-state index contributed by atoms with van der Waals surface area (Å²) in [5.41, 5.74) is 0. The van der Waals surface area contributed by atoms with Crippen LogP contribution in [0.25, 0.3) is 0 Å². The average molecular weight is 414 g/mol. The van der Waals surface area contributed by atoms with E-state index in [2.05, 4.69) is 4.98 Å². The van der Waals surface area contributed by atoms with Crippen LogP contribution >= 0.6 is 11.6 Å². The van der Waals surface area contributed by atoms with Crippen LogP contribution < -0.4 is 4.74 Å². The maximum Gasteiger partial charge on any atom is 0.260 e. The molecular weight excluding hydrogens is 397 g/mol. The molecule has 2 heterocycles. The van der Waals surface area contributed by atoms with Gasteiger partial charge in [0, 0.05) is 44.6 Å². The Morgan fingerprint density at radius 3 is 2.59 bits per heavy atom. The van der Waals surface area contributed by atoms with Crippen molar-refractivity contribution in [1.29, 1.82) is 0 Å².